The van der Waals surface area contributed by atoms with E-state index in [0.717, 1.165) is 27.8 Å². The average molecular weight is 270 g/mol. The molecule has 0 aliphatic heterocycles. The lowest BCUT2D eigenvalue weighted by molar-refractivity contribution is 0.108. The third-order valence-electron chi connectivity index (χ3n) is 3.33. The first-order valence-corrected chi connectivity index (χ1v) is 6.91. The normalized spacial score (nSPS) is 10.7. The zero-order valence-corrected chi connectivity index (χ0v) is 12.1. The van der Waals surface area contributed by atoms with E-state index in [1.54, 1.807) is 0 Å². The van der Waals surface area contributed by atoms with E-state index in [2.05, 4.69) is 0 Å². The van der Waals surface area contributed by atoms with Crippen molar-refractivity contribution in [1.29, 1.82) is 0 Å². The van der Waals surface area contributed by atoms with Crippen molar-refractivity contribution >= 4 is 14.0 Å². The van der Waals surface area contributed by atoms with Crippen LogP contribution in [0.25, 0.3) is 11.1 Å². The van der Waals surface area contributed by atoms with Gasteiger partial charge in [0.25, 0.3) is 5.52 Å². The molecule has 0 spiro atoms. The molecule has 0 saturated carbocycles. The molecule has 0 heterocycles. The molecule has 0 radical (unpaired) electrons. The third kappa shape index (κ3) is 2.50. The zero-order valence-electron chi connectivity index (χ0n) is 11.2. The lowest BCUT2D eigenvalue weighted by atomic mass is 9.90. The number of hydrogen-bond donors (Lipinski definition) is 0. The zero-order chi connectivity index (χ0) is 14.0. The van der Waals surface area contributed by atoms with Gasteiger partial charge in [-0.25, -0.2) is 0 Å². The third-order valence-corrected chi connectivity index (χ3v) is 3.72. The number of rotatable bonds is 3. The summed E-state index contributed by atoms with van der Waals surface area (Å²) < 4.78 is 10.9. The maximum absolute atomic E-state index is 11.8. The van der Waals surface area contributed by atoms with Crippen molar-refractivity contribution in [2.75, 3.05) is 0 Å². The molecular formula is C16H15O2P. The largest absolute Gasteiger partial charge is 0.280 e. The summed E-state index contributed by atoms with van der Waals surface area (Å²) >= 11 is 0. The summed E-state index contributed by atoms with van der Waals surface area (Å²) in [4.78, 5) is 11.8. The second-order valence-corrected chi connectivity index (χ2v) is 5.24. The lowest BCUT2D eigenvalue weighted by Gasteiger charge is -2.15. The highest BCUT2D eigenvalue weighted by Crippen LogP contribution is 2.32. The predicted molar refractivity (Wildman–Crippen MR) is 78.0 cm³/mol. The first kappa shape index (κ1) is 13.6. The monoisotopic (exact) mass is 270 g/mol. The van der Waals surface area contributed by atoms with Gasteiger partial charge < -0.3 is 0 Å². The van der Waals surface area contributed by atoms with E-state index in [1.165, 1.54) is 0 Å². The molecule has 0 aromatic heterocycles. The van der Waals surface area contributed by atoms with Gasteiger partial charge in [0.15, 0.2) is 0 Å². The second-order valence-electron chi connectivity index (χ2n) is 4.65. The van der Waals surface area contributed by atoms with Crippen molar-refractivity contribution in [1.82, 2.24) is 0 Å². The summed E-state index contributed by atoms with van der Waals surface area (Å²) in [7, 11) is -0.455. The van der Waals surface area contributed by atoms with Crippen molar-refractivity contribution in [3.63, 3.8) is 0 Å². The smallest absolute Gasteiger partial charge is 0.253 e. The summed E-state index contributed by atoms with van der Waals surface area (Å²) in [5, 5.41) is 0. The van der Waals surface area contributed by atoms with Crippen molar-refractivity contribution in [3.8, 4) is 11.1 Å². The Morgan fingerprint density at radius 1 is 1.00 bits per heavy atom. The van der Waals surface area contributed by atoms with Crippen molar-refractivity contribution in [2.24, 2.45) is 0 Å². The Morgan fingerprint density at radius 3 is 2.21 bits per heavy atom. The van der Waals surface area contributed by atoms with Gasteiger partial charge in [0, 0.05) is 5.56 Å². The SMILES string of the molecule is Cc1cc(C)c(-c2ccccc2)c(C)c1C(=O)P=O. The Hall–Kier alpha value is -1.79. The molecule has 3 heteroatoms. The van der Waals surface area contributed by atoms with Crippen LogP contribution in [0.2, 0.25) is 0 Å². The van der Waals surface area contributed by atoms with Crippen molar-refractivity contribution < 1.29 is 9.36 Å². The van der Waals surface area contributed by atoms with E-state index in [4.69, 9.17) is 0 Å². The quantitative estimate of drug-likeness (QED) is 0.757. The van der Waals surface area contributed by atoms with E-state index in [9.17, 15) is 9.36 Å². The summed E-state index contributed by atoms with van der Waals surface area (Å²) in [5.41, 5.74) is 5.25. The fourth-order valence-corrected chi connectivity index (χ4v) is 3.04. The summed E-state index contributed by atoms with van der Waals surface area (Å²) in [6, 6.07) is 11.9. The van der Waals surface area contributed by atoms with E-state index < -0.39 is 8.46 Å². The molecule has 0 aliphatic carbocycles. The minimum absolute atomic E-state index is 0.354. The summed E-state index contributed by atoms with van der Waals surface area (Å²) in [6.45, 7) is 5.83. The molecule has 2 rings (SSSR count). The number of aryl methyl sites for hydroxylation is 2. The second kappa shape index (κ2) is 5.46. The Morgan fingerprint density at radius 2 is 1.63 bits per heavy atom. The van der Waals surface area contributed by atoms with Crippen LogP contribution >= 0.6 is 8.46 Å². The Balaban J connectivity index is 2.76. The van der Waals surface area contributed by atoms with Crippen molar-refractivity contribution in [3.05, 3.63) is 58.7 Å². The molecule has 0 aliphatic rings. The van der Waals surface area contributed by atoms with Crippen LogP contribution in [0.5, 0.6) is 0 Å². The van der Waals surface area contributed by atoms with Gasteiger partial charge in [-0.3, -0.25) is 9.36 Å². The molecule has 0 amide bonds. The molecule has 2 nitrogen and oxygen atoms in total. The van der Waals surface area contributed by atoms with Gasteiger partial charge >= 0.3 is 0 Å². The van der Waals surface area contributed by atoms with Crippen LogP contribution in [0.15, 0.2) is 36.4 Å². The standard InChI is InChI=1S/C16H15O2P/c1-10-9-11(2)15(16(17)19-18)12(3)14(10)13-7-5-4-6-8-13/h4-9H,1-3H3. The number of carbonyl (C=O) groups is 1. The first-order chi connectivity index (χ1) is 9.06. The molecule has 0 unspecified atom stereocenters. The maximum atomic E-state index is 11.8. The molecule has 2 aromatic rings. The van der Waals surface area contributed by atoms with Gasteiger partial charge in [0.05, 0.1) is 0 Å². The van der Waals surface area contributed by atoms with Crippen LogP contribution in [0.3, 0.4) is 0 Å². The van der Waals surface area contributed by atoms with E-state index in [1.807, 2.05) is 57.2 Å². The topological polar surface area (TPSA) is 34.1 Å². The van der Waals surface area contributed by atoms with Crippen LogP contribution in [-0.4, -0.2) is 5.52 Å². The fraction of sp³-hybridized carbons (Fsp3) is 0.188. The van der Waals surface area contributed by atoms with Gasteiger partial charge in [-0.1, -0.05) is 36.4 Å². The van der Waals surface area contributed by atoms with Crippen LogP contribution in [-0.2, 0) is 4.57 Å². The number of benzene rings is 2. The minimum Gasteiger partial charge on any atom is -0.280 e. The first-order valence-electron chi connectivity index (χ1n) is 6.10. The van der Waals surface area contributed by atoms with E-state index in [-0.39, 0.29) is 5.52 Å². The number of carbonyl (C=O) groups excluding carboxylic acids is 1. The Labute approximate surface area is 114 Å². The highest BCUT2D eigenvalue weighted by atomic mass is 31.1. The summed E-state index contributed by atoms with van der Waals surface area (Å²) in [5.74, 6) is 0. The lowest BCUT2D eigenvalue weighted by Crippen LogP contribution is -2.02. The highest BCUT2D eigenvalue weighted by Gasteiger charge is 2.17. The molecule has 19 heavy (non-hydrogen) atoms. The minimum atomic E-state index is -0.455. The van der Waals surface area contributed by atoms with Crippen molar-refractivity contribution in [2.45, 2.75) is 20.8 Å². The van der Waals surface area contributed by atoms with E-state index in [0.29, 0.717) is 5.56 Å². The molecule has 0 fully saturated rings. The van der Waals surface area contributed by atoms with Gasteiger partial charge in [0.1, 0.15) is 0 Å². The molecule has 0 saturated heterocycles. The summed E-state index contributed by atoms with van der Waals surface area (Å²) in [6.07, 6.45) is 0. The molecule has 0 atom stereocenters. The van der Waals surface area contributed by atoms with E-state index >= 15 is 0 Å². The molecular weight excluding hydrogens is 255 g/mol. The van der Waals surface area contributed by atoms with Gasteiger partial charge in [0.2, 0.25) is 8.46 Å². The molecule has 0 bridgehead atoms. The van der Waals surface area contributed by atoms with Gasteiger partial charge in [-0.2, -0.15) is 0 Å². The molecule has 2 aromatic carbocycles. The van der Waals surface area contributed by atoms with Crippen LogP contribution in [0, 0.1) is 20.8 Å². The number of hydrogen-bond acceptors (Lipinski definition) is 2. The highest BCUT2D eigenvalue weighted by molar-refractivity contribution is 7.47. The molecule has 96 valence electrons. The van der Waals surface area contributed by atoms with Crippen LogP contribution in [0.1, 0.15) is 27.0 Å². The van der Waals surface area contributed by atoms with Crippen LogP contribution < -0.4 is 0 Å². The van der Waals surface area contributed by atoms with Gasteiger partial charge in [-0.15, -0.1) is 0 Å². The van der Waals surface area contributed by atoms with Gasteiger partial charge in [-0.05, 0) is 48.6 Å². The Kier molecular flexibility index (Phi) is 3.92. The Bertz CT molecular complexity index is 646. The fourth-order valence-electron chi connectivity index (χ4n) is 2.61. The predicted octanol–water partition coefficient (Wildman–Crippen LogP) is 4.71. The molecule has 0 N–H and O–H groups in total. The van der Waals surface area contributed by atoms with Crippen LogP contribution in [0.4, 0.5) is 0 Å². The average Bonchev–Trinajstić information content (AvgIpc) is 2.39. The maximum Gasteiger partial charge on any atom is 0.253 e.